The molecule has 4 nitrogen and oxygen atoms in total. The molecule has 4 heteroatoms. The molecule has 2 N–H and O–H groups in total. The van der Waals surface area contributed by atoms with Gasteiger partial charge in [0.2, 0.25) is 0 Å². The number of unbranched alkanes of at least 4 members (excludes halogenated alkanes) is 1. The van der Waals surface area contributed by atoms with Gasteiger partial charge >= 0.3 is 0 Å². The van der Waals surface area contributed by atoms with E-state index in [2.05, 4.69) is 48.4 Å². The SMILES string of the molecule is CCCCn1nnc(CN)c1CCc1ccc(C)cc1. The second kappa shape index (κ2) is 7.20. The molecule has 0 bridgehead atoms. The van der Waals surface area contributed by atoms with Crippen LogP contribution in [-0.2, 0) is 25.9 Å². The van der Waals surface area contributed by atoms with Gasteiger partial charge in [-0.15, -0.1) is 5.10 Å². The molecule has 0 radical (unpaired) electrons. The summed E-state index contributed by atoms with van der Waals surface area (Å²) in [6.45, 7) is 5.70. The molecule has 0 saturated heterocycles. The Balaban J connectivity index is 2.06. The fraction of sp³-hybridized carbons (Fsp3) is 0.500. The maximum absolute atomic E-state index is 5.77. The van der Waals surface area contributed by atoms with Crippen molar-refractivity contribution in [3.05, 3.63) is 46.8 Å². The Morgan fingerprint density at radius 1 is 1.15 bits per heavy atom. The lowest BCUT2D eigenvalue weighted by Crippen LogP contribution is -2.09. The molecule has 0 amide bonds. The summed E-state index contributed by atoms with van der Waals surface area (Å²) in [5, 5.41) is 8.44. The van der Waals surface area contributed by atoms with E-state index in [1.54, 1.807) is 0 Å². The molecule has 1 aromatic heterocycles. The van der Waals surface area contributed by atoms with E-state index in [1.165, 1.54) is 16.8 Å². The van der Waals surface area contributed by atoms with Crippen molar-refractivity contribution in [2.24, 2.45) is 5.73 Å². The molecule has 0 atom stereocenters. The fourth-order valence-corrected chi connectivity index (χ4v) is 2.31. The maximum Gasteiger partial charge on any atom is 0.0994 e. The van der Waals surface area contributed by atoms with Crippen LogP contribution in [-0.4, -0.2) is 15.0 Å². The van der Waals surface area contributed by atoms with Crippen molar-refractivity contribution >= 4 is 0 Å². The van der Waals surface area contributed by atoms with Crippen LogP contribution in [0.5, 0.6) is 0 Å². The standard InChI is InChI=1S/C16H24N4/c1-3-4-11-20-16(15(12-17)18-19-20)10-9-14-7-5-13(2)6-8-14/h5-8H,3-4,9-12,17H2,1-2H3. The topological polar surface area (TPSA) is 56.7 Å². The summed E-state index contributed by atoms with van der Waals surface area (Å²) in [5.74, 6) is 0. The number of benzene rings is 1. The van der Waals surface area contributed by atoms with Gasteiger partial charge in [-0.25, -0.2) is 4.68 Å². The quantitative estimate of drug-likeness (QED) is 0.843. The number of rotatable bonds is 7. The van der Waals surface area contributed by atoms with Crippen molar-refractivity contribution in [1.29, 1.82) is 0 Å². The van der Waals surface area contributed by atoms with Crippen LogP contribution >= 0.6 is 0 Å². The van der Waals surface area contributed by atoms with Crippen LogP contribution in [0.25, 0.3) is 0 Å². The van der Waals surface area contributed by atoms with E-state index in [0.717, 1.165) is 37.9 Å². The first-order valence-electron chi connectivity index (χ1n) is 7.41. The van der Waals surface area contributed by atoms with Gasteiger partial charge < -0.3 is 5.73 Å². The Bertz CT molecular complexity index is 528. The first-order valence-corrected chi connectivity index (χ1v) is 7.41. The predicted octanol–water partition coefficient (Wildman–Crippen LogP) is 2.63. The maximum atomic E-state index is 5.77. The fourth-order valence-electron chi connectivity index (χ4n) is 2.31. The monoisotopic (exact) mass is 272 g/mol. The van der Waals surface area contributed by atoms with Crippen LogP contribution in [0.4, 0.5) is 0 Å². The van der Waals surface area contributed by atoms with Gasteiger partial charge in [-0.2, -0.15) is 0 Å². The molecule has 0 spiro atoms. The Morgan fingerprint density at radius 3 is 2.55 bits per heavy atom. The van der Waals surface area contributed by atoms with Crippen LogP contribution in [0.1, 0.15) is 42.3 Å². The van der Waals surface area contributed by atoms with Gasteiger partial charge in [-0.05, 0) is 31.7 Å². The highest BCUT2D eigenvalue weighted by Gasteiger charge is 2.11. The van der Waals surface area contributed by atoms with Crippen LogP contribution in [0, 0.1) is 6.92 Å². The average Bonchev–Trinajstić information content (AvgIpc) is 2.86. The van der Waals surface area contributed by atoms with Crippen molar-refractivity contribution in [2.75, 3.05) is 0 Å². The second-order valence-corrected chi connectivity index (χ2v) is 5.25. The summed E-state index contributed by atoms with van der Waals surface area (Å²) in [5.41, 5.74) is 10.5. The summed E-state index contributed by atoms with van der Waals surface area (Å²) in [6.07, 6.45) is 4.25. The summed E-state index contributed by atoms with van der Waals surface area (Å²) in [7, 11) is 0. The first kappa shape index (κ1) is 14.7. The van der Waals surface area contributed by atoms with Crippen molar-refractivity contribution in [3.8, 4) is 0 Å². The number of hydrogen-bond acceptors (Lipinski definition) is 3. The average molecular weight is 272 g/mol. The van der Waals surface area contributed by atoms with Gasteiger partial charge in [-0.1, -0.05) is 48.4 Å². The third kappa shape index (κ3) is 3.67. The van der Waals surface area contributed by atoms with E-state index >= 15 is 0 Å². The van der Waals surface area contributed by atoms with Crippen molar-refractivity contribution in [3.63, 3.8) is 0 Å². The Hall–Kier alpha value is -1.68. The number of nitrogens with two attached hydrogens (primary N) is 1. The highest BCUT2D eigenvalue weighted by Crippen LogP contribution is 2.12. The van der Waals surface area contributed by atoms with Crippen LogP contribution in [0.3, 0.4) is 0 Å². The van der Waals surface area contributed by atoms with Crippen molar-refractivity contribution in [1.82, 2.24) is 15.0 Å². The number of aromatic nitrogens is 3. The van der Waals surface area contributed by atoms with Gasteiger partial charge in [0.15, 0.2) is 0 Å². The molecule has 20 heavy (non-hydrogen) atoms. The summed E-state index contributed by atoms with van der Waals surface area (Å²) in [4.78, 5) is 0. The molecule has 2 rings (SSSR count). The zero-order valence-electron chi connectivity index (χ0n) is 12.5. The lowest BCUT2D eigenvalue weighted by atomic mass is 10.1. The normalized spacial score (nSPS) is 10.9. The summed E-state index contributed by atoms with van der Waals surface area (Å²) < 4.78 is 2.03. The molecule has 1 aromatic carbocycles. The molecule has 2 aromatic rings. The zero-order valence-corrected chi connectivity index (χ0v) is 12.5. The number of hydrogen-bond donors (Lipinski definition) is 1. The predicted molar refractivity (Wildman–Crippen MR) is 81.4 cm³/mol. The van der Waals surface area contributed by atoms with E-state index in [4.69, 9.17) is 5.73 Å². The molecule has 0 unspecified atom stereocenters. The molecule has 0 aliphatic heterocycles. The van der Waals surface area contributed by atoms with E-state index < -0.39 is 0 Å². The van der Waals surface area contributed by atoms with Gasteiger partial charge in [0.1, 0.15) is 0 Å². The molecule has 0 saturated carbocycles. The number of aryl methyl sites for hydroxylation is 3. The smallest absolute Gasteiger partial charge is 0.0994 e. The minimum absolute atomic E-state index is 0.468. The summed E-state index contributed by atoms with van der Waals surface area (Å²) >= 11 is 0. The Morgan fingerprint density at radius 2 is 1.90 bits per heavy atom. The molecule has 0 fully saturated rings. The molecular weight excluding hydrogens is 248 g/mol. The highest BCUT2D eigenvalue weighted by molar-refractivity contribution is 5.22. The van der Waals surface area contributed by atoms with Crippen LogP contribution in [0.2, 0.25) is 0 Å². The lowest BCUT2D eigenvalue weighted by molar-refractivity contribution is 0.531. The van der Waals surface area contributed by atoms with E-state index in [9.17, 15) is 0 Å². The second-order valence-electron chi connectivity index (χ2n) is 5.25. The van der Waals surface area contributed by atoms with Gasteiger partial charge in [-0.3, -0.25) is 0 Å². The Kier molecular flexibility index (Phi) is 5.30. The van der Waals surface area contributed by atoms with Crippen molar-refractivity contribution in [2.45, 2.75) is 52.6 Å². The van der Waals surface area contributed by atoms with Gasteiger partial charge in [0.05, 0.1) is 11.4 Å². The zero-order chi connectivity index (χ0) is 14.4. The Labute approximate surface area is 121 Å². The third-order valence-corrected chi connectivity index (χ3v) is 3.61. The van der Waals surface area contributed by atoms with E-state index in [-0.39, 0.29) is 0 Å². The molecular formula is C16H24N4. The third-order valence-electron chi connectivity index (χ3n) is 3.61. The highest BCUT2D eigenvalue weighted by atomic mass is 15.4. The number of nitrogens with zero attached hydrogens (tertiary/aromatic N) is 3. The first-order chi connectivity index (χ1) is 9.74. The molecule has 0 aliphatic carbocycles. The molecule has 108 valence electrons. The minimum atomic E-state index is 0.468. The summed E-state index contributed by atoms with van der Waals surface area (Å²) in [6, 6.07) is 8.70. The van der Waals surface area contributed by atoms with Crippen molar-refractivity contribution < 1.29 is 0 Å². The molecule has 0 aliphatic rings. The lowest BCUT2D eigenvalue weighted by Gasteiger charge is -2.07. The van der Waals surface area contributed by atoms with Crippen LogP contribution in [0.15, 0.2) is 24.3 Å². The van der Waals surface area contributed by atoms with E-state index in [0.29, 0.717) is 6.54 Å². The van der Waals surface area contributed by atoms with Crippen LogP contribution < -0.4 is 5.73 Å². The minimum Gasteiger partial charge on any atom is -0.325 e. The largest absolute Gasteiger partial charge is 0.325 e. The van der Waals surface area contributed by atoms with Gasteiger partial charge in [0, 0.05) is 13.1 Å². The molecule has 1 heterocycles. The van der Waals surface area contributed by atoms with E-state index in [1.807, 2.05) is 4.68 Å². The van der Waals surface area contributed by atoms with Gasteiger partial charge in [0.25, 0.3) is 0 Å².